The van der Waals surface area contributed by atoms with Gasteiger partial charge in [0.1, 0.15) is 23.7 Å². The number of nitrogens with one attached hydrogen (secondary N) is 1. The first-order chi connectivity index (χ1) is 13.9. The number of fused-ring (bicyclic) bond motifs is 1. The van der Waals surface area contributed by atoms with Gasteiger partial charge in [0, 0.05) is 18.1 Å². The lowest BCUT2D eigenvalue weighted by Crippen LogP contribution is -2.31. The predicted octanol–water partition coefficient (Wildman–Crippen LogP) is 2.42. The molecule has 0 spiro atoms. The summed E-state index contributed by atoms with van der Waals surface area (Å²) in [5, 5.41) is 10.1. The van der Waals surface area contributed by atoms with Crippen LogP contribution in [0, 0.1) is 0 Å². The molecule has 0 fully saturated rings. The summed E-state index contributed by atoms with van der Waals surface area (Å²) in [5.74, 6) is -0.719. The van der Waals surface area contributed by atoms with E-state index in [1.807, 2.05) is 13.8 Å². The zero-order chi connectivity index (χ0) is 21.1. The Kier molecular flexibility index (Phi) is 6.07. The number of aryl methyl sites for hydroxylation is 2. The minimum absolute atomic E-state index is 0.0747. The van der Waals surface area contributed by atoms with E-state index in [0.29, 0.717) is 18.9 Å². The Balaban J connectivity index is 1.98. The summed E-state index contributed by atoms with van der Waals surface area (Å²) in [6, 6.07) is 4.05. The fourth-order valence-electron chi connectivity index (χ4n) is 3.07. The molecule has 0 aliphatic heterocycles. The van der Waals surface area contributed by atoms with E-state index in [0.717, 1.165) is 12.8 Å². The number of aromatic amines is 1. The maximum Gasteiger partial charge on any atom is 0.342 e. The monoisotopic (exact) mass is 420 g/mol. The second-order valence-electron chi connectivity index (χ2n) is 6.45. The normalized spacial score (nSPS) is 11.1. The number of aromatic nitrogens is 4. The molecule has 0 aliphatic rings. The molecule has 0 saturated carbocycles. The molecule has 2 heterocycles. The molecule has 0 bridgehead atoms. The summed E-state index contributed by atoms with van der Waals surface area (Å²) < 4.78 is 8.29. The van der Waals surface area contributed by atoms with Gasteiger partial charge in [-0.2, -0.15) is 0 Å². The van der Waals surface area contributed by atoms with Crippen LogP contribution < -0.4 is 11.2 Å². The van der Waals surface area contributed by atoms with Gasteiger partial charge in [-0.1, -0.05) is 24.9 Å². The van der Waals surface area contributed by atoms with E-state index in [1.165, 1.54) is 22.8 Å². The van der Waals surface area contributed by atoms with Crippen LogP contribution in [0.15, 0.2) is 27.8 Å². The molecule has 29 heavy (non-hydrogen) atoms. The molecular weight excluding hydrogens is 400 g/mol. The molecule has 2 N–H and O–H groups in total. The third kappa shape index (κ3) is 4.04. The average molecular weight is 421 g/mol. The number of benzene rings is 1. The number of H-pyrrole nitrogens is 1. The summed E-state index contributed by atoms with van der Waals surface area (Å²) in [7, 11) is 0. The zero-order valence-corrected chi connectivity index (χ0v) is 16.8. The van der Waals surface area contributed by atoms with Gasteiger partial charge in [0.05, 0.1) is 0 Å². The summed E-state index contributed by atoms with van der Waals surface area (Å²) in [6.07, 6.45) is 1.62. The van der Waals surface area contributed by atoms with E-state index >= 15 is 0 Å². The number of esters is 1. The van der Waals surface area contributed by atoms with Gasteiger partial charge >= 0.3 is 11.7 Å². The van der Waals surface area contributed by atoms with E-state index in [-0.39, 0.29) is 34.1 Å². The SMILES string of the molecule is CCCCn1c(=O)[nH]c(=O)c2c1nc(COC(=O)c1cc(Cl)ccc1O)n2CC. The number of hydrogen-bond donors (Lipinski definition) is 2. The van der Waals surface area contributed by atoms with E-state index < -0.39 is 17.2 Å². The second-order valence-corrected chi connectivity index (χ2v) is 6.88. The van der Waals surface area contributed by atoms with Crippen molar-refractivity contribution in [2.24, 2.45) is 0 Å². The third-order valence-electron chi connectivity index (χ3n) is 4.53. The van der Waals surface area contributed by atoms with Crippen LogP contribution in [0.5, 0.6) is 5.75 Å². The van der Waals surface area contributed by atoms with Gasteiger partial charge in [-0.15, -0.1) is 0 Å². The predicted molar refractivity (Wildman–Crippen MR) is 107 cm³/mol. The lowest BCUT2D eigenvalue weighted by atomic mass is 10.2. The molecule has 1 aromatic carbocycles. The molecule has 0 atom stereocenters. The van der Waals surface area contributed by atoms with Gasteiger partial charge in [0.25, 0.3) is 5.56 Å². The molecule has 0 unspecified atom stereocenters. The minimum Gasteiger partial charge on any atom is -0.507 e. The van der Waals surface area contributed by atoms with Crippen molar-refractivity contribution in [1.82, 2.24) is 19.1 Å². The van der Waals surface area contributed by atoms with Crippen LogP contribution in [0.2, 0.25) is 5.02 Å². The first kappa shape index (κ1) is 20.7. The number of imidazole rings is 1. The molecule has 10 heteroatoms. The number of ether oxygens (including phenoxy) is 1. The van der Waals surface area contributed by atoms with Crippen LogP contribution in [0.3, 0.4) is 0 Å². The Bertz CT molecular complexity index is 1180. The van der Waals surface area contributed by atoms with Gasteiger partial charge in [0.15, 0.2) is 11.2 Å². The van der Waals surface area contributed by atoms with Gasteiger partial charge in [0.2, 0.25) is 0 Å². The molecule has 0 amide bonds. The highest BCUT2D eigenvalue weighted by Gasteiger charge is 2.20. The Morgan fingerprint density at radius 3 is 2.72 bits per heavy atom. The molecule has 0 aliphatic carbocycles. The minimum atomic E-state index is -0.781. The topological polar surface area (TPSA) is 119 Å². The number of carbonyl (C=O) groups is 1. The van der Waals surface area contributed by atoms with E-state index in [4.69, 9.17) is 16.3 Å². The largest absolute Gasteiger partial charge is 0.507 e. The van der Waals surface area contributed by atoms with Crippen molar-refractivity contribution < 1.29 is 14.6 Å². The Labute approximate surface area is 170 Å². The lowest BCUT2D eigenvalue weighted by Gasteiger charge is -2.08. The third-order valence-corrected chi connectivity index (χ3v) is 4.76. The van der Waals surface area contributed by atoms with Crippen LogP contribution in [0.1, 0.15) is 42.9 Å². The van der Waals surface area contributed by atoms with Crippen LogP contribution in [0.4, 0.5) is 0 Å². The number of phenols is 1. The summed E-state index contributed by atoms with van der Waals surface area (Å²) >= 11 is 5.86. The molecule has 0 radical (unpaired) electrons. The highest BCUT2D eigenvalue weighted by molar-refractivity contribution is 6.31. The summed E-state index contributed by atoms with van der Waals surface area (Å²) in [4.78, 5) is 43.7. The highest BCUT2D eigenvalue weighted by atomic mass is 35.5. The molecule has 0 saturated heterocycles. The molecule has 2 aromatic heterocycles. The smallest absolute Gasteiger partial charge is 0.342 e. The Morgan fingerprint density at radius 2 is 2.03 bits per heavy atom. The lowest BCUT2D eigenvalue weighted by molar-refractivity contribution is 0.0455. The van der Waals surface area contributed by atoms with Gasteiger partial charge in [-0.25, -0.2) is 14.6 Å². The molecule has 3 aromatic rings. The number of halogens is 1. The summed E-state index contributed by atoms with van der Waals surface area (Å²) in [5.41, 5.74) is -0.638. The number of aromatic hydroxyl groups is 1. The van der Waals surface area contributed by atoms with Crippen molar-refractivity contribution in [3.05, 3.63) is 55.4 Å². The van der Waals surface area contributed by atoms with E-state index in [2.05, 4.69) is 9.97 Å². The Morgan fingerprint density at radius 1 is 1.28 bits per heavy atom. The number of nitrogens with zero attached hydrogens (tertiary/aromatic N) is 3. The highest BCUT2D eigenvalue weighted by Crippen LogP contribution is 2.23. The first-order valence-corrected chi connectivity index (χ1v) is 9.63. The fraction of sp³-hybridized carbons (Fsp3) is 0.368. The van der Waals surface area contributed by atoms with Gasteiger partial charge < -0.3 is 14.4 Å². The molecular formula is C19H21ClN4O5. The van der Waals surface area contributed by atoms with Gasteiger partial charge in [-0.05, 0) is 31.5 Å². The number of hydrogen-bond acceptors (Lipinski definition) is 6. The maximum absolute atomic E-state index is 12.4. The number of rotatable bonds is 7. The van der Waals surface area contributed by atoms with Crippen molar-refractivity contribution in [2.75, 3.05) is 0 Å². The van der Waals surface area contributed by atoms with Crippen molar-refractivity contribution in [3.63, 3.8) is 0 Å². The van der Waals surface area contributed by atoms with Crippen molar-refractivity contribution in [3.8, 4) is 5.75 Å². The Hall–Kier alpha value is -3.07. The van der Waals surface area contributed by atoms with Crippen molar-refractivity contribution >= 4 is 28.7 Å². The fourth-order valence-corrected chi connectivity index (χ4v) is 3.24. The average Bonchev–Trinajstić information content (AvgIpc) is 3.06. The zero-order valence-electron chi connectivity index (χ0n) is 16.1. The van der Waals surface area contributed by atoms with Crippen molar-refractivity contribution in [1.29, 1.82) is 0 Å². The van der Waals surface area contributed by atoms with Crippen LogP contribution in [-0.4, -0.2) is 30.2 Å². The summed E-state index contributed by atoms with van der Waals surface area (Å²) in [6.45, 7) is 4.37. The second kappa shape index (κ2) is 8.52. The quantitative estimate of drug-likeness (QED) is 0.566. The van der Waals surface area contributed by atoms with Crippen LogP contribution in [-0.2, 0) is 24.4 Å². The van der Waals surface area contributed by atoms with E-state index in [9.17, 15) is 19.5 Å². The van der Waals surface area contributed by atoms with Crippen LogP contribution >= 0.6 is 11.6 Å². The molecule has 3 rings (SSSR count). The van der Waals surface area contributed by atoms with Crippen LogP contribution in [0.25, 0.3) is 11.2 Å². The standard InChI is InChI=1S/C19H21ClN4O5/c1-3-5-8-24-16-15(17(26)22-19(24)28)23(4-2)14(21-16)10-29-18(27)12-9-11(20)6-7-13(12)25/h6-7,9,25H,3-5,8,10H2,1-2H3,(H,22,26,28). The first-order valence-electron chi connectivity index (χ1n) is 9.25. The maximum atomic E-state index is 12.4. The number of phenolic OH excluding ortho intramolecular Hbond substituents is 1. The number of unbranched alkanes of at least 4 members (excludes halogenated alkanes) is 1. The molecule has 154 valence electrons. The molecule has 9 nitrogen and oxygen atoms in total. The van der Waals surface area contributed by atoms with Crippen molar-refractivity contribution in [2.45, 2.75) is 46.4 Å². The number of carbonyl (C=O) groups excluding carboxylic acids is 1. The van der Waals surface area contributed by atoms with Gasteiger partial charge in [-0.3, -0.25) is 14.3 Å². The van der Waals surface area contributed by atoms with E-state index in [1.54, 1.807) is 4.57 Å².